The molecule has 25 heavy (non-hydrogen) atoms. The van der Waals surface area contributed by atoms with Gasteiger partial charge in [0.1, 0.15) is 11.6 Å². The number of Topliss-reactive ketones (excluding diaryl/α,β-unsaturated/α-hetero) is 1. The maximum Gasteiger partial charge on any atom is 0.295 e. The van der Waals surface area contributed by atoms with E-state index in [2.05, 4.69) is 6.58 Å². The van der Waals surface area contributed by atoms with E-state index in [1.165, 1.54) is 35.2 Å². The fraction of sp³-hybridized carbons (Fsp3) is 0.100. The Morgan fingerprint density at radius 3 is 2.36 bits per heavy atom. The number of benzene rings is 2. The third kappa shape index (κ3) is 2.96. The quantitative estimate of drug-likeness (QED) is 0.402. The van der Waals surface area contributed by atoms with Gasteiger partial charge in [0.05, 0.1) is 11.6 Å². The van der Waals surface area contributed by atoms with Crippen molar-refractivity contribution in [1.82, 2.24) is 4.90 Å². The summed E-state index contributed by atoms with van der Waals surface area (Å²) in [6, 6.07) is 13.3. The standard InChI is InChI=1S/C20H16FNO3/c1-2-12-22-17(13-8-10-15(21)11-9-13)16(19(24)20(22)25)18(23)14-6-4-3-5-7-14/h2-11,17,23H,1,12H2/b18-16+. The molecule has 0 bridgehead atoms. The average Bonchev–Trinajstić information content (AvgIpc) is 2.88. The second-order valence-electron chi connectivity index (χ2n) is 5.66. The molecule has 1 heterocycles. The Morgan fingerprint density at radius 2 is 1.76 bits per heavy atom. The molecular formula is C20H16FNO3. The molecule has 1 amide bonds. The molecule has 1 aliphatic rings. The number of likely N-dealkylation sites (tertiary alicyclic amines) is 1. The van der Waals surface area contributed by atoms with Crippen molar-refractivity contribution in [2.45, 2.75) is 6.04 Å². The van der Waals surface area contributed by atoms with Crippen LogP contribution in [-0.4, -0.2) is 28.2 Å². The highest BCUT2D eigenvalue weighted by molar-refractivity contribution is 6.46. The van der Waals surface area contributed by atoms with Crippen LogP contribution in [0.1, 0.15) is 17.2 Å². The number of aliphatic hydroxyl groups excluding tert-OH is 1. The van der Waals surface area contributed by atoms with Gasteiger partial charge in [-0.3, -0.25) is 9.59 Å². The highest BCUT2D eigenvalue weighted by Crippen LogP contribution is 2.39. The number of carbonyl (C=O) groups excluding carboxylic acids is 2. The van der Waals surface area contributed by atoms with Crippen molar-refractivity contribution in [3.63, 3.8) is 0 Å². The van der Waals surface area contributed by atoms with Crippen molar-refractivity contribution >= 4 is 17.4 Å². The molecule has 2 aromatic carbocycles. The molecule has 1 fully saturated rings. The van der Waals surface area contributed by atoms with Crippen LogP contribution in [0.3, 0.4) is 0 Å². The lowest BCUT2D eigenvalue weighted by Crippen LogP contribution is -2.29. The molecule has 1 N–H and O–H groups in total. The first-order valence-electron chi connectivity index (χ1n) is 7.74. The van der Waals surface area contributed by atoms with Gasteiger partial charge >= 0.3 is 0 Å². The Labute approximate surface area is 144 Å². The Kier molecular flexibility index (Phi) is 4.48. The van der Waals surface area contributed by atoms with Gasteiger partial charge in [0.2, 0.25) is 0 Å². The molecular weight excluding hydrogens is 321 g/mol. The van der Waals surface area contributed by atoms with E-state index in [0.717, 1.165) is 0 Å². The van der Waals surface area contributed by atoms with Gasteiger partial charge < -0.3 is 10.0 Å². The summed E-state index contributed by atoms with van der Waals surface area (Å²) in [7, 11) is 0. The molecule has 0 spiro atoms. The number of nitrogens with zero attached hydrogens (tertiary/aromatic N) is 1. The number of hydrogen-bond donors (Lipinski definition) is 1. The summed E-state index contributed by atoms with van der Waals surface area (Å²) in [6.45, 7) is 3.75. The van der Waals surface area contributed by atoms with E-state index >= 15 is 0 Å². The summed E-state index contributed by atoms with van der Waals surface area (Å²) in [4.78, 5) is 26.3. The second-order valence-corrected chi connectivity index (χ2v) is 5.66. The van der Waals surface area contributed by atoms with Gasteiger partial charge in [-0.1, -0.05) is 48.5 Å². The summed E-state index contributed by atoms with van der Waals surface area (Å²) in [5.41, 5.74) is 0.968. The van der Waals surface area contributed by atoms with Crippen molar-refractivity contribution in [1.29, 1.82) is 0 Å². The van der Waals surface area contributed by atoms with Gasteiger partial charge in [0, 0.05) is 12.1 Å². The van der Waals surface area contributed by atoms with Gasteiger partial charge in [-0.05, 0) is 17.7 Å². The number of halogens is 1. The third-order valence-corrected chi connectivity index (χ3v) is 4.10. The van der Waals surface area contributed by atoms with E-state index in [9.17, 15) is 19.1 Å². The van der Waals surface area contributed by atoms with Gasteiger partial charge in [-0.25, -0.2) is 4.39 Å². The van der Waals surface area contributed by atoms with Crippen LogP contribution >= 0.6 is 0 Å². The summed E-state index contributed by atoms with van der Waals surface area (Å²) in [5, 5.41) is 10.7. The Bertz CT molecular complexity index is 856. The van der Waals surface area contributed by atoms with E-state index in [4.69, 9.17) is 0 Å². The minimum Gasteiger partial charge on any atom is -0.507 e. The zero-order valence-electron chi connectivity index (χ0n) is 13.4. The lowest BCUT2D eigenvalue weighted by atomic mass is 9.95. The van der Waals surface area contributed by atoms with Gasteiger partial charge in [-0.2, -0.15) is 0 Å². The Morgan fingerprint density at radius 1 is 1.12 bits per heavy atom. The van der Waals surface area contributed by atoms with Crippen molar-refractivity contribution in [3.8, 4) is 0 Å². The normalized spacial score (nSPS) is 19.2. The lowest BCUT2D eigenvalue weighted by molar-refractivity contribution is -0.139. The minimum absolute atomic E-state index is 0.00958. The molecule has 2 aromatic rings. The van der Waals surface area contributed by atoms with Crippen LogP contribution in [0.15, 0.2) is 72.8 Å². The molecule has 126 valence electrons. The first-order valence-corrected chi connectivity index (χ1v) is 7.74. The van der Waals surface area contributed by atoms with E-state index in [-0.39, 0.29) is 17.9 Å². The van der Waals surface area contributed by atoms with Crippen LogP contribution in [0, 0.1) is 5.82 Å². The summed E-state index contributed by atoms with van der Waals surface area (Å²) in [6.07, 6.45) is 1.50. The smallest absolute Gasteiger partial charge is 0.295 e. The monoisotopic (exact) mass is 337 g/mol. The molecule has 1 atom stereocenters. The first kappa shape index (κ1) is 16.6. The number of rotatable bonds is 4. The highest BCUT2D eigenvalue weighted by Gasteiger charge is 2.45. The number of aliphatic hydroxyl groups is 1. The molecule has 5 heteroatoms. The van der Waals surface area contributed by atoms with E-state index in [1.807, 2.05) is 0 Å². The van der Waals surface area contributed by atoms with Crippen LogP contribution in [0.2, 0.25) is 0 Å². The van der Waals surface area contributed by atoms with Crippen molar-refractivity contribution in [2.75, 3.05) is 6.54 Å². The highest BCUT2D eigenvalue weighted by atomic mass is 19.1. The molecule has 0 aliphatic carbocycles. The number of amides is 1. The Balaban J connectivity index is 2.19. The molecule has 0 saturated carbocycles. The van der Waals surface area contributed by atoms with E-state index < -0.39 is 23.5 Å². The van der Waals surface area contributed by atoms with Gasteiger partial charge in [0.15, 0.2) is 0 Å². The lowest BCUT2D eigenvalue weighted by Gasteiger charge is -2.24. The van der Waals surface area contributed by atoms with Crippen molar-refractivity contribution < 1.29 is 19.1 Å². The van der Waals surface area contributed by atoms with Crippen LogP contribution in [0.25, 0.3) is 5.76 Å². The molecule has 4 nitrogen and oxygen atoms in total. The van der Waals surface area contributed by atoms with E-state index in [0.29, 0.717) is 11.1 Å². The van der Waals surface area contributed by atoms with Crippen LogP contribution in [0.4, 0.5) is 4.39 Å². The predicted molar refractivity (Wildman–Crippen MR) is 92.0 cm³/mol. The molecule has 0 radical (unpaired) electrons. The van der Waals surface area contributed by atoms with E-state index in [1.54, 1.807) is 30.3 Å². The molecule has 3 rings (SSSR count). The first-order chi connectivity index (χ1) is 12.0. The largest absolute Gasteiger partial charge is 0.507 e. The maximum absolute atomic E-state index is 13.3. The third-order valence-electron chi connectivity index (χ3n) is 4.10. The zero-order valence-corrected chi connectivity index (χ0v) is 13.4. The molecule has 0 aromatic heterocycles. The number of carbonyl (C=O) groups is 2. The Hall–Kier alpha value is -3.21. The SMILES string of the molecule is C=CCN1C(=O)C(=O)/C(=C(/O)c2ccccc2)C1c1ccc(F)cc1. The van der Waals surface area contributed by atoms with Crippen LogP contribution in [0.5, 0.6) is 0 Å². The minimum atomic E-state index is -0.793. The fourth-order valence-corrected chi connectivity index (χ4v) is 2.95. The second kappa shape index (κ2) is 6.73. The average molecular weight is 337 g/mol. The summed E-state index contributed by atoms with van der Waals surface area (Å²) < 4.78 is 13.3. The van der Waals surface area contributed by atoms with Gasteiger partial charge in [-0.15, -0.1) is 6.58 Å². The van der Waals surface area contributed by atoms with Crippen molar-refractivity contribution in [3.05, 3.63) is 89.8 Å². The van der Waals surface area contributed by atoms with Crippen molar-refractivity contribution in [2.24, 2.45) is 0 Å². The summed E-state index contributed by atoms with van der Waals surface area (Å²) in [5.74, 6) is -2.16. The predicted octanol–water partition coefficient (Wildman–Crippen LogP) is 3.43. The maximum atomic E-state index is 13.3. The molecule has 1 unspecified atom stereocenters. The van der Waals surface area contributed by atoms with Crippen LogP contribution in [-0.2, 0) is 9.59 Å². The van der Waals surface area contributed by atoms with Crippen LogP contribution < -0.4 is 0 Å². The molecule has 1 aliphatic heterocycles. The number of ketones is 1. The zero-order chi connectivity index (χ0) is 18.0. The summed E-state index contributed by atoms with van der Waals surface area (Å²) >= 11 is 0. The van der Waals surface area contributed by atoms with Gasteiger partial charge in [0.25, 0.3) is 11.7 Å². The number of hydrogen-bond acceptors (Lipinski definition) is 3. The fourth-order valence-electron chi connectivity index (χ4n) is 2.95. The topological polar surface area (TPSA) is 57.6 Å². The molecule has 1 saturated heterocycles.